The van der Waals surface area contributed by atoms with Gasteiger partial charge in [-0.2, -0.15) is 0 Å². The van der Waals surface area contributed by atoms with Gasteiger partial charge in [-0.25, -0.2) is 0 Å². The van der Waals surface area contributed by atoms with Crippen LogP contribution in [0.4, 0.5) is 0 Å². The minimum atomic E-state index is -0.0398. The van der Waals surface area contributed by atoms with Crippen LogP contribution in [0.2, 0.25) is 0 Å². The SMILES string of the molecule is Cn1cc(C(=O)N2CCCC(CNC(=O)C3CCCN3)C2)c2ccccc21. The van der Waals surface area contributed by atoms with E-state index in [1.165, 1.54) is 0 Å². The monoisotopic (exact) mass is 368 g/mol. The minimum absolute atomic E-state index is 0.0398. The topological polar surface area (TPSA) is 66.4 Å². The fourth-order valence-electron chi connectivity index (χ4n) is 4.38. The van der Waals surface area contributed by atoms with Crippen molar-refractivity contribution in [2.75, 3.05) is 26.2 Å². The number of carbonyl (C=O) groups excluding carboxylic acids is 2. The molecule has 144 valence electrons. The average Bonchev–Trinajstić information content (AvgIpc) is 3.35. The van der Waals surface area contributed by atoms with Crippen molar-refractivity contribution in [2.24, 2.45) is 13.0 Å². The predicted octanol–water partition coefficient (Wildman–Crippen LogP) is 1.90. The summed E-state index contributed by atoms with van der Waals surface area (Å²) in [6, 6.07) is 7.98. The van der Waals surface area contributed by atoms with Crippen LogP contribution in [0, 0.1) is 5.92 Å². The van der Waals surface area contributed by atoms with Crippen molar-refractivity contribution >= 4 is 22.7 Å². The lowest BCUT2D eigenvalue weighted by atomic mass is 9.97. The molecule has 2 aliphatic heterocycles. The highest BCUT2D eigenvalue weighted by atomic mass is 16.2. The van der Waals surface area contributed by atoms with E-state index in [1.807, 2.05) is 47.0 Å². The Morgan fingerprint density at radius 2 is 2.07 bits per heavy atom. The van der Waals surface area contributed by atoms with Crippen LogP contribution in [0.25, 0.3) is 10.9 Å². The molecule has 2 aromatic rings. The number of carbonyl (C=O) groups is 2. The molecule has 6 heteroatoms. The number of hydrogen-bond donors (Lipinski definition) is 2. The first kappa shape index (κ1) is 18.0. The van der Waals surface area contributed by atoms with Crippen molar-refractivity contribution < 1.29 is 9.59 Å². The zero-order chi connectivity index (χ0) is 18.8. The van der Waals surface area contributed by atoms with Gasteiger partial charge in [0.1, 0.15) is 0 Å². The molecule has 2 amide bonds. The zero-order valence-electron chi connectivity index (χ0n) is 15.9. The Labute approximate surface area is 159 Å². The molecule has 2 aliphatic rings. The maximum Gasteiger partial charge on any atom is 0.256 e. The van der Waals surface area contributed by atoms with Crippen LogP contribution in [0.1, 0.15) is 36.0 Å². The number of benzene rings is 1. The van der Waals surface area contributed by atoms with Gasteiger partial charge in [0, 0.05) is 43.8 Å². The molecule has 2 unspecified atom stereocenters. The molecule has 3 heterocycles. The maximum atomic E-state index is 13.1. The van der Waals surface area contributed by atoms with E-state index in [0.29, 0.717) is 19.0 Å². The predicted molar refractivity (Wildman–Crippen MR) is 106 cm³/mol. The summed E-state index contributed by atoms with van der Waals surface area (Å²) in [5.41, 5.74) is 1.85. The summed E-state index contributed by atoms with van der Waals surface area (Å²) < 4.78 is 2.01. The summed E-state index contributed by atoms with van der Waals surface area (Å²) in [6.07, 6.45) is 5.96. The highest BCUT2D eigenvalue weighted by molar-refractivity contribution is 6.07. The van der Waals surface area contributed by atoms with Crippen molar-refractivity contribution in [1.29, 1.82) is 0 Å². The smallest absolute Gasteiger partial charge is 0.256 e. The largest absolute Gasteiger partial charge is 0.354 e. The van der Waals surface area contributed by atoms with Crippen molar-refractivity contribution in [3.8, 4) is 0 Å². The minimum Gasteiger partial charge on any atom is -0.354 e. The van der Waals surface area contributed by atoms with Gasteiger partial charge in [-0.05, 0) is 44.2 Å². The second-order valence-electron chi connectivity index (χ2n) is 7.82. The van der Waals surface area contributed by atoms with E-state index in [4.69, 9.17) is 0 Å². The summed E-state index contributed by atoms with van der Waals surface area (Å²) in [5, 5.41) is 7.32. The number of para-hydroxylation sites is 1. The van der Waals surface area contributed by atoms with Crippen LogP contribution in [0.5, 0.6) is 0 Å². The Kier molecular flexibility index (Phi) is 5.16. The normalized spacial score (nSPS) is 22.9. The van der Waals surface area contributed by atoms with E-state index < -0.39 is 0 Å². The van der Waals surface area contributed by atoms with Gasteiger partial charge in [-0.1, -0.05) is 18.2 Å². The molecule has 6 nitrogen and oxygen atoms in total. The van der Waals surface area contributed by atoms with E-state index >= 15 is 0 Å². The summed E-state index contributed by atoms with van der Waals surface area (Å²) in [7, 11) is 1.98. The van der Waals surface area contributed by atoms with Gasteiger partial charge in [0.2, 0.25) is 5.91 Å². The lowest BCUT2D eigenvalue weighted by Gasteiger charge is -2.33. The van der Waals surface area contributed by atoms with E-state index in [1.54, 1.807) is 0 Å². The number of nitrogens with zero attached hydrogens (tertiary/aromatic N) is 2. The molecule has 0 aliphatic carbocycles. The number of piperidine rings is 1. The Balaban J connectivity index is 1.40. The quantitative estimate of drug-likeness (QED) is 0.866. The first-order chi connectivity index (χ1) is 13.1. The third-order valence-electron chi connectivity index (χ3n) is 5.88. The van der Waals surface area contributed by atoms with Crippen molar-refractivity contribution in [3.63, 3.8) is 0 Å². The maximum absolute atomic E-state index is 13.1. The van der Waals surface area contributed by atoms with Crippen LogP contribution in [0.15, 0.2) is 30.5 Å². The van der Waals surface area contributed by atoms with Gasteiger partial charge in [0.15, 0.2) is 0 Å². The Bertz CT molecular complexity index is 838. The fraction of sp³-hybridized carbons (Fsp3) is 0.524. The summed E-state index contributed by atoms with van der Waals surface area (Å²) in [6.45, 7) is 3.07. The number of fused-ring (bicyclic) bond motifs is 1. The number of aryl methyl sites for hydroxylation is 1. The first-order valence-corrected chi connectivity index (χ1v) is 9.98. The van der Waals surface area contributed by atoms with E-state index in [2.05, 4.69) is 10.6 Å². The molecule has 4 rings (SSSR count). The lowest BCUT2D eigenvalue weighted by Crippen LogP contribution is -2.46. The van der Waals surface area contributed by atoms with Gasteiger partial charge in [-0.15, -0.1) is 0 Å². The molecule has 0 bridgehead atoms. The Morgan fingerprint density at radius 1 is 1.22 bits per heavy atom. The lowest BCUT2D eigenvalue weighted by molar-refractivity contribution is -0.123. The standard InChI is InChI=1S/C21H28N4O2/c1-24-14-17(16-7-2-3-9-19(16)24)21(27)25-11-5-6-15(13-25)12-23-20(26)18-8-4-10-22-18/h2-3,7,9,14-15,18,22H,4-6,8,10-13H2,1H3,(H,23,26). The van der Waals surface area contributed by atoms with Crippen LogP contribution < -0.4 is 10.6 Å². The highest BCUT2D eigenvalue weighted by Crippen LogP contribution is 2.24. The molecule has 0 radical (unpaired) electrons. The molecule has 2 atom stereocenters. The van der Waals surface area contributed by atoms with E-state index in [9.17, 15) is 9.59 Å². The molecule has 1 aromatic heterocycles. The molecule has 2 fully saturated rings. The van der Waals surface area contributed by atoms with Gasteiger partial charge >= 0.3 is 0 Å². The van der Waals surface area contributed by atoms with Gasteiger partial charge in [0.25, 0.3) is 5.91 Å². The summed E-state index contributed by atoms with van der Waals surface area (Å²) in [5.74, 6) is 0.522. The first-order valence-electron chi connectivity index (χ1n) is 9.98. The van der Waals surface area contributed by atoms with E-state index in [-0.39, 0.29) is 17.9 Å². The van der Waals surface area contributed by atoms with E-state index in [0.717, 1.165) is 55.2 Å². The van der Waals surface area contributed by atoms with Gasteiger partial charge < -0.3 is 20.1 Å². The Hall–Kier alpha value is -2.34. The molecule has 0 saturated carbocycles. The van der Waals surface area contributed by atoms with Crippen molar-refractivity contribution in [3.05, 3.63) is 36.0 Å². The third-order valence-corrected chi connectivity index (χ3v) is 5.88. The van der Waals surface area contributed by atoms with Crippen LogP contribution in [0.3, 0.4) is 0 Å². The second-order valence-corrected chi connectivity index (χ2v) is 7.82. The molecule has 2 N–H and O–H groups in total. The molecule has 2 saturated heterocycles. The highest BCUT2D eigenvalue weighted by Gasteiger charge is 2.28. The molecular weight excluding hydrogens is 340 g/mol. The fourth-order valence-corrected chi connectivity index (χ4v) is 4.38. The zero-order valence-corrected chi connectivity index (χ0v) is 15.9. The number of likely N-dealkylation sites (tertiary alicyclic amines) is 1. The molecule has 0 spiro atoms. The Morgan fingerprint density at radius 3 is 2.89 bits per heavy atom. The molecular formula is C21H28N4O2. The number of amides is 2. The molecule has 27 heavy (non-hydrogen) atoms. The number of aromatic nitrogens is 1. The number of nitrogens with one attached hydrogen (secondary N) is 2. The number of rotatable bonds is 4. The van der Waals surface area contributed by atoms with Crippen LogP contribution in [-0.2, 0) is 11.8 Å². The van der Waals surface area contributed by atoms with Gasteiger partial charge in [-0.3, -0.25) is 9.59 Å². The van der Waals surface area contributed by atoms with Crippen LogP contribution in [-0.4, -0.2) is 53.5 Å². The molecule has 1 aromatic carbocycles. The third kappa shape index (κ3) is 3.72. The summed E-state index contributed by atoms with van der Waals surface area (Å²) >= 11 is 0. The summed E-state index contributed by atoms with van der Waals surface area (Å²) in [4.78, 5) is 27.3. The van der Waals surface area contributed by atoms with Gasteiger partial charge in [0.05, 0.1) is 11.6 Å². The van der Waals surface area contributed by atoms with Crippen LogP contribution >= 0.6 is 0 Å². The number of hydrogen-bond acceptors (Lipinski definition) is 3. The average molecular weight is 368 g/mol. The van der Waals surface area contributed by atoms with Crippen molar-refractivity contribution in [2.45, 2.75) is 31.7 Å². The van der Waals surface area contributed by atoms with Crippen molar-refractivity contribution in [1.82, 2.24) is 20.1 Å². The second kappa shape index (κ2) is 7.72.